The van der Waals surface area contributed by atoms with Crippen molar-refractivity contribution in [2.24, 2.45) is 11.8 Å². The standard InChI is InChI=1S/C15H26N4/c1-3-18-8-6-13(7-9-18)10-15-17-16-14-5-4-12(2)11-19(14)15/h12-13H,3-11H2,1-2H3. The minimum atomic E-state index is 0.782. The second-order valence-electron chi connectivity index (χ2n) is 6.37. The molecule has 0 aliphatic carbocycles. The van der Waals surface area contributed by atoms with Gasteiger partial charge in [-0.25, -0.2) is 0 Å². The zero-order valence-electron chi connectivity index (χ0n) is 12.3. The molecule has 0 N–H and O–H groups in total. The first kappa shape index (κ1) is 13.1. The first-order chi connectivity index (χ1) is 9.26. The minimum absolute atomic E-state index is 0.782. The Morgan fingerprint density at radius 3 is 2.68 bits per heavy atom. The van der Waals surface area contributed by atoms with Crippen LogP contribution in [0.5, 0.6) is 0 Å². The lowest BCUT2D eigenvalue weighted by Crippen LogP contribution is -2.34. The normalized spacial score (nSPS) is 25.5. The molecule has 1 fully saturated rings. The zero-order valence-corrected chi connectivity index (χ0v) is 12.3. The summed E-state index contributed by atoms with van der Waals surface area (Å²) in [5, 5.41) is 8.86. The maximum absolute atomic E-state index is 4.46. The SMILES string of the molecule is CCN1CCC(Cc2nnc3n2CC(C)CC3)CC1. The van der Waals surface area contributed by atoms with E-state index in [0.29, 0.717) is 0 Å². The zero-order chi connectivity index (χ0) is 13.2. The van der Waals surface area contributed by atoms with Crippen molar-refractivity contribution in [3.63, 3.8) is 0 Å². The molecule has 3 heterocycles. The molecule has 0 radical (unpaired) electrons. The second-order valence-corrected chi connectivity index (χ2v) is 6.37. The molecular formula is C15H26N4. The van der Waals surface area contributed by atoms with Gasteiger partial charge in [-0.1, -0.05) is 13.8 Å². The Labute approximate surface area is 116 Å². The molecule has 1 aromatic heterocycles. The molecule has 0 aromatic carbocycles. The molecule has 4 nitrogen and oxygen atoms in total. The van der Waals surface area contributed by atoms with Gasteiger partial charge in [0.15, 0.2) is 0 Å². The molecule has 1 atom stereocenters. The molecule has 0 amide bonds. The van der Waals surface area contributed by atoms with Crippen LogP contribution in [-0.2, 0) is 19.4 Å². The van der Waals surface area contributed by atoms with Crippen LogP contribution in [0, 0.1) is 11.8 Å². The number of fused-ring (bicyclic) bond motifs is 1. The van der Waals surface area contributed by atoms with Crippen molar-refractivity contribution in [2.45, 2.75) is 52.5 Å². The van der Waals surface area contributed by atoms with Gasteiger partial charge in [0.2, 0.25) is 0 Å². The summed E-state index contributed by atoms with van der Waals surface area (Å²) < 4.78 is 2.40. The van der Waals surface area contributed by atoms with Crippen LogP contribution in [0.3, 0.4) is 0 Å². The van der Waals surface area contributed by atoms with Crippen LogP contribution in [0.4, 0.5) is 0 Å². The summed E-state index contributed by atoms with van der Waals surface area (Å²) in [5.74, 6) is 4.06. The van der Waals surface area contributed by atoms with Crippen LogP contribution < -0.4 is 0 Å². The molecule has 1 unspecified atom stereocenters. The predicted molar refractivity (Wildman–Crippen MR) is 76.0 cm³/mol. The van der Waals surface area contributed by atoms with Gasteiger partial charge >= 0.3 is 0 Å². The smallest absolute Gasteiger partial charge is 0.133 e. The van der Waals surface area contributed by atoms with E-state index >= 15 is 0 Å². The number of piperidine rings is 1. The van der Waals surface area contributed by atoms with Crippen LogP contribution in [0.1, 0.15) is 44.8 Å². The number of rotatable bonds is 3. The number of aromatic nitrogens is 3. The van der Waals surface area contributed by atoms with Crippen molar-refractivity contribution in [3.05, 3.63) is 11.6 Å². The number of hydrogen-bond acceptors (Lipinski definition) is 3. The van der Waals surface area contributed by atoms with Gasteiger partial charge in [0.1, 0.15) is 11.6 Å². The van der Waals surface area contributed by atoms with Crippen LogP contribution in [0.25, 0.3) is 0 Å². The highest BCUT2D eigenvalue weighted by molar-refractivity contribution is 5.01. The van der Waals surface area contributed by atoms with Crippen molar-refractivity contribution < 1.29 is 0 Å². The maximum atomic E-state index is 4.46. The Bertz CT molecular complexity index is 418. The minimum Gasteiger partial charge on any atom is -0.315 e. The van der Waals surface area contributed by atoms with Crippen molar-refractivity contribution in [1.29, 1.82) is 0 Å². The Morgan fingerprint density at radius 1 is 1.16 bits per heavy atom. The molecule has 3 rings (SSSR count). The first-order valence-corrected chi connectivity index (χ1v) is 7.89. The average molecular weight is 262 g/mol. The number of nitrogens with zero attached hydrogens (tertiary/aromatic N) is 4. The first-order valence-electron chi connectivity index (χ1n) is 7.89. The monoisotopic (exact) mass is 262 g/mol. The van der Waals surface area contributed by atoms with Crippen LogP contribution in [-0.4, -0.2) is 39.3 Å². The maximum Gasteiger partial charge on any atom is 0.133 e. The quantitative estimate of drug-likeness (QED) is 0.837. The Kier molecular flexibility index (Phi) is 3.87. The van der Waals surface area contributed by atoms with Crippen molar-refractivity contribution >= 4 is 0 Å². The molecule has 1 saturated heterocycles. The van der Waals surface area contributed by atoms with Crippen LogP contribution >= 0.6 is 0 Å². The Balaban J connectivity index is 1.63. The molecule has 0 spiro atoms. The summed E-state index contributed by atoms with van der Waals surface area (Å²) in [4.78, 5) is 2.55. The third-order valence-electron chi connectivity index (χ3n) is 4.88. The predicted octanol–water partition coefficient (Wildman–Crippen LogP) is 2.13. The highest BCUT2D eigenvalue weighted by Gasteiger charge is 2.24. The molecule has 106 valence electrons. The summed E-state index contributed by atoms with van der Waals surface area (Å²) in [5.41, 5.74) is 0. The van der Waals surface area contributed by atoms with E-state index in [1.165, 1.54) is 50.5 Å². The topological polar surface area (TPSA) is 34.0 Å². The highest BCUT2D eigenvalue weighted by atomic mass is 15.3. The lowest BCUT2D eigenvalue weighted by Gasteiger charge is -2.31. The van der Waals surface area contributed by atoms with Gasteiger partial charge in [-0.2, -0.15) is 0 Å². The fraction of sp³-hybridized carbons (Fsp3) is 0.867. The van der Waals surface area contributed by atoms with E-state index < -0.39 is 0 Å². The molecular weight excluding hydrogens is 236 g/mol. The van der Waals surface area contributed by atoms with Gasteiger partial charge in [0.05, 0.1) is 0 Å². The summed E-state index contributed by atoms with van der Waals surface area (Å²) in [6.45, 7) is 9.45. The fourth-order valence-corrected chi connectivity index (χ4v) is 3.46. The lowest BCUT2D eigenvalue weighted by molar-refractivity contribution is 0.189. The van der Waals surface area contributed by atoms with Crippen molar-refractivity contribution in [1.82, 2.24) is 19.7 Å². The van der Waals surface area contributed by atoms with Gasteiger partial charge < -0.3 is 9.47 Å². The van der Waals surface area contributed by atoms with E-state index in [1.54, 1.807) is 0 Å². The van der Waals surface area contributed by atoms with Gasteiger partial charge in [0, 0.05) is 19.4 Å². The summed E-state index contributed by atoms with van der Waals surface area (Å²) in [6.07, 6.45) is 6.17. The average Bonchev–Trinajstić information content (AvgIpc) is 2.82. The Hall–Kier alpha value is -0.900. The Morgan fingerprint density at radius 2 is 1.95 bits per heavy atom. The van der Waals surface area contributed by atoms with Crippen molar-refractivity contribution in [2.75, 3.05) is 19.6 Å². The molecule has 2 aliphatic rings. The van der Waals surface area contributed by atoms with Gasteiger partial charge in [-0.3, -0.25) is 0 Å². The van der Waals surface area contributed by atoms with E-state index in [2.05, 4.69) is 33.5 Å². The number of likely N-dealkylation sites (tertiary alicyclic amines) is 1. The molecule has 19 heavy (non-hydrogen) atoms. The van der Waals surface area contributed by atoms with E-state index in [4.69, 9.17) is 0 Å². The third-order valence-corrected chi connectivity index (χ3v) is 4.88. The molecule has 4 heteroatoms. The van der Waals surface area contributed by atoms with E-state index in [-0.39, 0.29) is 0 Å². The lowest BCUT2D eigenvalue weighted by atomic mass is 9.93. The summed E-state index contributed by atoms with van der Waals surface area (Å²) in [7, 11) is 0. The summed E-state index contributed by atoms with van der Waals surface area (Å²) >= 11 is 0. The van der Waals surface area contributed by atoms with Crippen LogP contribution in [0.2, 0.25) is 0 Å². The van der Waals surface area contributed by atoms with Crippen molar-refractivity contribution in [3.8, 4) is 0 Å². The highest BCUT2D eigenvalue weighted by Crippen LogP contribution is 2.24. The number of aryl methyl sites for hydroxylation is 1. The molecule has 2 aliphatic heterocycles. The largest absolute Gasteiger partial charge is 0.315 e. The molecule has 1 aromatic rings. The molecule has 0 bridgehead atoms. The van der Waals surface area contributed by atoms with E-state index in [1.807, 2.05) is 0 Å². The second kappa shape index (κ2) is 5.61. The van der Waals surface area contributed by atoms with Crippen LogP contribution in [0.15, 0.2) is 0 Å². The van der Waals surface area contributed by atoms with Gasteiger partial charge in [-0.05, 0) is 50.7 Å². The fourth-order valence-electron chi connectivity index (χ4n) is 3.46. The summed E-state index contributed by atoms with van der Waals surface area (Å²) in [6, 6.07) is 0. The van der Waals surface area contributed by atoms with Gasteiger partial charge in [0.25, 0.3) is 0 Å². The van der Waals surface area contributed by atoms with Gasteiger partial charge in [-0.15, -0.1) is 10.2 Å². The molecule has 0 saturated carbocycles. The number of hydrogen-bond donors (Lipinski definition) is 0. The third kappa shape index (κ3) is 2.83. The van der Waals surface area contributed by atoms with E-state index in [0.717, 1.165) is 31.2 Å². The van der Waals surface area contributed by atoms with E-state index in [9.17, 15) is 0 Å².